The Morgan fingerprint density at radius 1 is 1.44 bits per heavy atom. The maximum Gasteiger partial charge on any atom is 0.0309 e. The number of hydrogen-bond donors (Lipinski definition) is 1. The van der Waals surface area contributed by atoms with Crippen LogP contribution in [0, 0.1) is 0 Å². The molecular formula is C14H26N2. The summed E-state index contributed by atoms with van der Waals surface area (Å²) >= 11 is 0. The molecule has 2 aliphatic rings. The summed E-state index contributed by atoms with van der Waals surface area (Å²) in [6, 6.07) is 0.731. The van der Waals surface area contributed by atoms with Gasteiger partial charge in [0.25, 0.3) is 0 Å². The molecule has 16 heavy (non-hydrogen) atoms. The van der Waals surface area contributed by atoms with E-state index in [0.29, 0.717) is 5.54 Å². The first-order valence-electron chi connectivity index (χ1n) is 6.89. The van der Waals surface area contributed by atoms with Crippen molar-refractivity contribution in [3.63, 3.8) is 0 Å². The molecule has 2 fully saturated rings. The molecule has 1 saturated heterocycles. The van der Waals surface area contributed by atoms with E-state index in [0.717, 1.165) is 12.6 Å². The van der Waals surface area contributed by atoms with Crippen molar-refractivity contribution in [3.8, 4) is 0 Å². The number of piperazine rings is 1. The van der Waals surface area contributed by atoms with Gasteiger partial charge in [0.1, 0.15) is 0 Å². The van der Waals surface area contributed by atoms with Crippen LogP contribution < -0.4 is 5.32 Å². The summed E-state index contributed by atoms with van der Waals surface area (Å²) < 4.78 is 0. The lowest BCUT2D eigenvalue weighted by atomic mass is 9.91. The quantitative estimate of drug-likeness (QED) is 0.735. The zero-order valence-electron chi connectivity index (χ0n) is 10.7. The summed E-state index contributed by atoms with van der Waals surface area (Å²) in [5.74, 6) is 0. The van der Waals surface area contributed by atoms with Crippen LogP contribution in [0.5, 0.6) is 0 Å². The van der Waals surface area contributed by atoms with Gasteiger partial charge in [-0.25, -0.2) is 0 Å². The Balaban J connectivity index is 1.98. The van der Waals surface area contributed by atoms with Gasteiger partial charge in [0.2, 0.25) is 0 Å². The summed E-state index contributed by atoms with van der Waals surface area (Å²) in [5.41, 5.74) is 0.452. The molecule has 1 aliphatic carbocycles. The Hall–Kier alpha value is -0.340. The highest BCUT2D eigenvalue weighted by Gasteiger charge is 2.40. The van der Waals surface area contributed by atoms with Crippen LogP contribution in [-0.2, 0) is 0 Å². The van der Waals surface area contributed by atoms with Gasteiger partial charge in [0, 0.05) is 31.2 Å². The van der Waals surface area contributed by atoms with Gasteiger partial charge in [-0.15, -0.1) is 6.58 Å². The highest BCUT2D eigenvalue weighted by atomic mass is 15.3. The fraction of sp³-hybridized carbons (Fsp3) is 0.857. The molecule has 0 aromatic rings. The topological polar surface area (TPSA) is 15.3 Å². The van der Waals surface area contributed by atoms with Crippen molar-refractivity contribution < 1.29 is 0 Å². The van der Waals surface area contributed by atoms with Crippen LogP contribution in [0.1, 0.15) is 45.4 Å². The average Bonchev–Trinajstić information content (AvgIpc) is 2.72. The van der Waals surface area contributed by atoms with Gasteiger partial charge in [0.15, 0.2) is 0 Å². The van der Waals surface area contributed by atoms with Crippen molar-refractivity contribution in [2.45, 2.75) is 57.0 Å². The molecule has 1 heterocycles. The molecule has 1 N–H and O–H groups in total. The van der Waals surface area contributed by atoms with Gasteiger partial charge in [-0.05, 0) is 19.3 Å². The standard InChI is InChI=1S/C14H26N2/c1-3-7-13-11-15-14(8-5-6-9-14)12-16(13)10-4-2/h4,13,15H,2-3,5-12H2,1H3. The lowest BCUT2D eigenvalue weighted by Gasteiger charge is -2.46. The summed E-state index contributed by atoms with van der Waals surface area (Å²) in [4.78, 5) is 2.65. The molecule has 0 amide bonds. The summed E-state index contributed by atoms with van der Waals surface area (Å²) in [5, 5.41) is 3.84. The summed E-state index contributed by atoms with van der Waals surface area (Å²) in [6.07, 6.45) is 10.2. The first-order valence-corrected chi connectivity index (χ1v) is 6.89. The predicted octanol–water partition coefficient (Wildman–Crippen LogP) is 2.56. The molecule has 0 radical (unpaired) electrons. The van der Waals surface area contributed by atoms with E-state index in [4.69, 9.17) is 0 Å². The number of hydrogen-bond acceptors (Lipinski definition) is 2. The molecule has 1 saturated carbocycles. The van der Waals surface area contributed by atoms with Gasteiger partial charge in [-0.1, -0.05) is 32.3 Å². The second-order valence-electron chi connectivity index (χ2n) is 5.53. The molecule has 1 unspecified atom stereocenters. The highest BCUT2D eigenvalue weighted by molar-refractivity contribution is 5.01. The Bertz CT molecular complexity index is 231. The average molecular weight is 222 g/mol. The van der Waals surface area contributed by atoms with Crippen molar-refractivity contribution in [1.82, 2.24) is 10.2 Å². The van der Waals surface area contributed by atoms with E-state index in [1.807, 2.05) is 0 Å². The number of nitrogens with zero attached hydrogens (tertiary/aromatic N) is 1. The van der Waals surface area contributed by atoms with E-state index in [-0.39, 0.29) is 0 Å². The van der Waals surface area contributed by atoms with Crippen molar-refractivity contribution in [2.75, 3.05) is 19.6 Å². The van der Waals surface area contributed by atoms with Gasteiger partial charge in [-0.3, -0.25) is 4.90 Å². The SMILES string of the molecule is C=CCN1CC2(CCCC2)NCC1CCC. The van der Waals surface area contributed by atoms with Crippen molar-refractivity contribution in [1.29, 1.82) is 0 Å². The maximum atomic E-state index is 3.90. The molecule has 92 valence electrons. The van der Waals surface area contributed by atoms with E-state index in [1.54, 1.807) is 0 Å². The third-order valence-corrected chi connectivity index (χ3v) is 4.28. The minimum absolute atomic E-state index is 0.452. The third kappa shape index (κ3) is 2.49. The minimum atomic E-state index is 0.452. The van der Waals surface area contributed by atoms with Gasteiger partial charge in [-0.2, -0.15) is 0 Å². The van der Waals surface area contributed by atoms with Crippen LogP contribution in [0.3, 0.4) is 0 Å². The van der Waals surface area contributed by atoms with E-state index in [1.165, 1.54) is 51.6 Å². The molecule has 2 rings (SSSR count). The van der Waals surface area contributed by atoms with E-state index < -0.39 is 0 Å². The predicted molar refractivity (Wildman–Crippen MR) is 69.7 cm³/mol. The maximum absolute atomic E-state index is 3.90. The Labute approximate surface area is 100 Å². The Morgan fingerprint density at radius 2 is 2.19 bits per heavy atom. The van der Waals surface area contributed by atoms with Crippen LogP contribution in [0.25, 0.3) is 0 Å². The number of nitrogens with one attached hydrogen (secondary N) is 1. The van der Waals surface area contributed by atoms with Crippen molar-refractivity contribution >= 4 is 0 Å². The Kier molecular flexibility index (Phi) is 4.04. The number of rotatable bonds is 4. The first kappa shape index (κ1) is 12.1. The molecule has 1 aliphatic heterocycles. The summed E-state index contributed by atoms with van der Waals surface area (Å²) in [6.45, 7) is 9.67. The van der Waals surface area contributed by atoms with Gasteiger partial charge < -0.3 is 5.32 Å². The minimum Gasteiger partial charge on any atom is -0.308 e. The van der Waals surface area contributed by atoms with Crippen LogP contribution >= 0.6 is 0 Å². The van der Waals surface area contributed by atoms with Crippen molar-refractivity contribution in [2.24, 2.45) is 0 Å². The monoisotopic (exact) mass is 222 g/mol. The van der Waals surface area contributed by atoms with Crippen LogP contribution in [0.2, 0.25) is 0 Å². The lowest BCUT2D eigenvalue weighted by Crippen LogP contribution is -2.63. The summed E-state index contributed by atoms with van der Waals surface area (Å²) in [7, 11) is 0. The molecule has 1 atom stereocenters. The fourth-order valence-corrected chi connectivity index (χ4v) is 3.42. The zero-order chi connectivity index (χ0) is 11.4. The van der Waals surface area contributed by atoms with E-state index >= 15 is 0 Å². The fourth-order valence-electron chi connectivity index (χ4n) is 3.42. The third-order valence-electron chi connectivity index (χ3n) is 4.28. The molecule has 0 bridgehead atoms. The molecule has 0 aromatic carbocycles. The molecular weight excluding hydrogens is 196 g/mol. The Morgan fingerprint density at radius 3 is 2.81 bits per heavy atom. The second-order valence-corrected chi connectivity index (χ2v) is 5.53. The van der Waals surface area contributed by atoms with Crippen LogP contribution in [0.4, 0.5) is 0 Å². The smallest absolute Gasteiger partial charge is 0.0309 e. The molecule has 0 aromatic heterocycles. The normalized spacial score (nSPS) is 29.7. The zero-order valence-corrected chi connectivity index (χ0v) is 10.7. The van der Waals surface area contributed by atoms with Crippen LogP contribution in [0.15, 0.2) is 12.7 Å². The van der Waals surface area contributed by atoms with Crippen molar-refractivity contribution in [3.05, 3.63) is 12.7 Å². The lowest BCUT2D eigenvalue weighted by molar-refractivity contribution is 0.0863. The largest absolute Gasteiger partial charge is 0.308 e. The highest BCUT2D eigenvalue weighted by Crippen LogP contribution is 2.33. The first-order chi connectivity index (χ1) is 7.79. The van der Waals surface area contributed by atoms with Gasteiger partial charge in [0.05, 0.1) is 0 Å². The molecule has 1 spiro atoms. The van der Waals surface area contributed by atoms with Gasteiger partial charge >= 0.3 is 0 Å². The molecule has 2 nitrogen and oxygen atoms in total. The van der Waals surface area contributed by atoms with Crippen LogP contribution in [-0.4, -0.2) is 36.1 Å². The molecule has 2 heteroatoms. The second kappa shape index (κ2) is 5.33. The van der Waals surface area contributed by atoms with E-state index in [9.17, 15) is 0 Å². The van der Waals surface area contributed by atoms with E-state index in [2.05, 4.69) is 29.8 Å².